The molecule has 0 bridgehead atoms. The number of hydrogen-bond acceptors (Lipinski definition) is 3. The Labute approximate surface area is 101 Å². The van der Waals surface area contributed by atoms with Gasteiger partial charge in [0, 0.05) is 13.0 Å². The van der Waals surface area contributed by atoms with E-state index in [2.05, 4.69) is 17.6 Å². The van der Waals surface area contributed by atoms with Crippen molar-refractivity contribution in [3.05, 3.63) is 35.4 Å². The first kappa shape index (κ1) is 12.1. The third-order valence-corrected chi connectivity index (χ3v) is 2.98. The van der Waals surface area contributed by atoms with Gasteiger partial charge < -0.3 is 4.74 Å². The van der Waals surface area contributed by atoms with Gasteiger partial charge in [-0.25, -0.2) is 5.48 Å². The number of rotatable bonds is 5. The van der Waals surface area contributed by atoms with E-state index < -0.39 is 0 Å². The van der Waals surface area contributed by atoms with E-state index in [0.717, 1.165) is 12.8 Å². The number of carbonyl (C=O) groups excluding carboxylic acids is 1. The van der Waals surface area contributed by atoms with Crippen LogP contribution in [0.4, 0.5) is 0 Å². The first-order chi connectivity index (χ1) is 8.31. The van der Waals surface area contributed by atoms with Crippen LogP contribution in [0.1, 0.15) is 11.1 Å². The van der Waals surface area contributed by atoms with Crippen LogP contribution in [0.25, 0.3) is 0 Å². The molecule has 0 atom stereocenters. The molecule has 1 aliphatic rings. The van der Waals surface area contributed by atoms with E-state index in [1.54, 1.807) is 7.11 Å². The Balaban J connectivity index is 1.80. The second-order valence-electron chi connectivity index (χ2n) is 4.18. The Morgan fingerprint density at radius 1 is 1.29 bits per heavy atom. The standard InChI is InChI=1S/C13H17NO3/c1-16-6-7-17-14-13(15)12-8-10-4-2-3-5-11(10)9-12/h2-5,12H,6-9H2,1H3,(H,14,15). The molecule has 1 aliphatic carbocycles. The van der Waals surface area contributed by atoms with Gasteiger partial charge in [-0.05, 0) is 24.0 Å². The van der Waals surface area contributed by atoms with Crippen LogP contribution >= 0.6 is 0 Å². The predicted molar refractivity (Wildman–Crippen MR) is 63.3 cm³/mol. The smallest absolute Gasteiger partial charge is 0.247 e. The van der Waals surface area contributed by atoms with Crippen LogP contribution in [0.15, 0.2) is 24.3 Å². The van der Waals surface area contributed by atoms with Crippen LogP contribution in [0, 0.1) is 5.92 Å². The van der Waals surface area contributed by atoms with Crippen molar-refractivity contribution in [1.29, 1.82) is 0 Å². The Morgan fingerprint density at radius 3 is 2.53 bits per heavy atom. The Hall–Kier alpha value is -1.39. The topological polar surface area (TPSA) is 47.6 Å². The molecule has 1 amide bonds. The Kier molecular flexibility index (Phi) is 4.12. The zero-order chi connectivity index (χ0) is 12.1. The summed E-state index contributed by atoms with van der Waals surface area (Å²) in [6.07, 6.45) is 1.60. The van der Waals surface area contributed by atoms with E-state index >= 15 is 0 Å². The summed E-state index contributed by atoms with van der Waals surface area (Å²) in [5.41, 5.74) is 5.01. The molecule has 1 aromatic carbocycles. The molecule has 0 aromatic heterocycles. The fraction of sp³-hybridized carbons (Fsp3) is 0.462. The fourth-order valence-corrected chi connectivity index (χ4v) is 2.07. The number of nitrogens with one attached hydrogen (secondary N) is 1. The molecule has 2 rings (SSSR count). The van der Waals surface area contributed by atoms with E-state index in [0.29, 0.717) is 13.2 Å². The molecule has 0 spiro atoms. The van der Waals surface area contributed by atoms with E-state index in [1.807, 2.05) is 12.1 Å². The fourth-order valence-electron chi connectivity index (χ4n) is 2.07. The van der Waals surface area contributed by atoms with Crippen LogP contribution in [-0.4, -0.2) is 26.2 Å². The number of hydrogen-bond donors (Lipinski definition) is 1. The van der Waals surface area contributed by atoms with Crippen LogP contribution < -0.4 is 5.48 Å². The molecule has 1 aromatic rings. The van der Waals surface area contributed by atoms with Gasteiger partial charge in [-0.2, -0.15) is 0 Å². The largest absolute Gasteiger partial charge is 0.382 e. The lowest BCUT2D eigenvalue weighted by atomic mass is 10.1. The molecule has 0 unspecified atom stereocenters. The maximum atomic E-state index is 11.8. The van der Waals surface area contributed by atoms with Crippen molar-refractivity contribution >= 4 is 5.91 Å². The van der Waals surface area contributed by atoms with Gasteiger partial charge in [-0.3, -0.25) is 9.63 Å². The van der Waals surface area contributed by atoms with Gasteiger partial charge in [0.15, 0.2) is 0 Å². The zero-order valence-corrected chi connectivity index (χ0v) is 9.94. The number of amides is 1. The summed E-state index contributed by atoms with van der Waals surface area (Å²) in [6, 6.07) is 8.17. The zero-order valence-electron chi connectivity index (χ0n) is 9.94. The lowest BCUT2D eigenvalue weighted by molar-refractivity contribution is -0.138. The van der Waals surface area contributed by atoms with Crippen molar-refractivity contribution < 1.29 is 14.4 Å². The number of carbonyl (C=O) groups is 1. The highest BCUT2D eigenvalue weighted by Crippen LogP contribution is 2.26. The lowest BCUT2D eigenvalue weighted by Crippen LogP contribution is -2.32. The minimum absolute atomic E-state index is 0.00468. The van der Waals surface area contributed by atoms with Crippen molar-refractivity contribution in [2.45, 2.75) is 12.8 Å². The summed E-state index contributed by atoms with van der Waals surface area (Å²) in [4.78, 5) is 16.8. The van der Waals surface area contributed by atoms with Gasteiger partial charge >= 0.3 is 0 Å². The average molecular weight is 235 g/mol. The normalized spacial score (nSPS) is 14.6. The minimum atomic E-state index is -0.0442. The van der Waals surface area contributed by atoms with Gasteiger partial charge in [0.25, 0.3) is 0 Å². The molecule has 17 heavy (non-hydrogen) atoms. The molecule has 0 fully saturated rings. The summed E-state index contributed by atoms with van der Waals surface area (Å²) in [7, 11) is 1.60. The van der Waals surface area contributed by atoms with E-state index in [-0.39, 0.29) is 11.8 Å². The number of fused-ring (bicyclic) bond motifs is 1. The maximum Gasteiger partial charge on any atom is 0.247 e. The molecule has 0 saturated heterocycles. The quantitative estimate of drug-likeness (QED) is 0.614. The van der Waals surface area contributed by atoms with Gasteiger partial charge in [0.05, 0.1) is 13.2 Å². The average Bonchev–Trinajstić information content (AvgIpc) is 2.78. The summed E-state index contributed by atoms with van der Waals surface area (Å²) >= 11 is 0. The summed E-state index contributed by atoms with van der Waals surface area (Å²) in [5.74, 6) is -0.0488. The SMILES string of the molecule is COCCONC(=O)C1Cc2ccccc2C1. The summed E-state index contributed by atoms with van der Waals surface area (Å²) in [5, 5.41) is 0. The first-order valence-corrected chi connectivity index (χ1v) is 5.78. The molecular weight excluding hydrogens is 218 g/mol. The third kappa shape index (κ3) is 3.05. The molecule has 4 nitrogen and oxygen atoms in total. The number of hydroxylamine groups is 1. The van der Waals surface area contributed by atoms with Crippen molar-refractivity contribution in [3.8, 4) is 0 Å². The molecular formula is C13H17NO3. The van der Waals surface area contributed by atoms with Crippen LogP contribution in [0.5, 0.6) is 0 Å². The van der Waals surface area contributed by atoms with E-state index in [9.17, 15) is 4.79 Å². The number of ether oxygens (including phenoxy) is 1. The number of benzene rings is 1. The van der Waals surface area contributed by atoms with Crippen molar-refractivity contribution in [3.63, 3.8) is 0 Å². The lowest BCUT2D eigenvalue weighted by Gasteiger charge is -2.09. The molecule has 0 aliphatic heterocycles. The molecule has 0 heterocycles. The minimum Gasteiger partial charge on any atom is -0.382 e. The molecule has 4 heteroatoms. The second-order valence-corrected chi connectivity index (χ2v) is 4.18. The second kappa shape index (κ2) is 5.80. The molecule has 1 N–H and O–H groups in total. The first-order valence-electron chi connectivity index (χ1n) is 5.78. The predicted octanol–water partition coefficient (Wildman–Crippen LogP) is 1.10. The number of methoxy groups -OCH3 is 1. The maximum absolute atomic E-state index is 11.8. The van der Waals surface area contributed by atoms with Crippen LogP contribution in [0.3, 0.4) is 0 Å². The van der Waals surface area contributed by atoms with Crippen molar-refractivity contribution in [2.75, 3.05) is 20.3 Å². The monoisotopic (exact) mass is 235 g/mol. The molecule has 92 valence electrons. The van der Waals surface area contributed by atoms with Gasteiger partial charge in [-0.1, -0.05) is 24.3 Å². The third-order valence-electron chi connectivity index (χ3n) is 2.98. The van der Waals surface area contributed by atoms with E-state index in [4.69, 9.17) is 9.57 Å². The van der Waals surface area contributed by atoms with Crippen LogP contribution in [0.2, 0.25) is 0 Å². The highest BCUT2D eigenvalue weighted by atomic mass is 16.7. The van der Waals surface area contributed by atoms with Gasteiger partial charge in [0.2, 0.25) is 5.91 Å². The van der Waals surface area contributed by atoms with Crippen molar-refractivity contribution in [1.82, 2.24) is 5.48 Å². The molecule has 0 saturated carbocycles. The van der Waals surface area contributed by atoms with Crippen molar-refractivity contribution in [2.24, 2.45) is 5.92 Å². The molecule has 0 radical (unpaired) electrons. The van der Waals surface area contributed by atoms with Crippen LogP contribution in [-0.2, 0) is 27.2 Å². The summed E-state index contributed by atoms with van der Waals surface area (Å²) < 4.78 is 4.82. The van der Waals surface area contributed by atoms with E-state index in [1.165, 1.54) is 11.1 Å². The summed E-state index contributed by atoms with van der Waals surface area (Å²) in [6.45, 7) is 0.854. The Morgan fingerprint density at radius 2 is 1.94 bits per heavy atom. The van der Waals surface area contributed by atoms with Gasteiger partial charge in [0.1, 0.15) is 0 Å². The van der Waals surface area contributed by atoms with Gasteiger partial charge in [-0.15, -0.1) is 0 Å². The Bertz CT molecular complexity index is 367. The highest BCUT2D eigenvalue weighted by Gasteiger charge is 2.26. The highest BCUT2D eigenvalue weighted by molar-refractivity contribution is 5.79.